The molecule has 2 aliphatic rings. The van der Waals surface area contributed by atoms with Gasteiger partial charge in [-0.2, -0.15) is 0 Å². The SMILES string of the molecule is CC(C)(C)OC(=O)N1[C@@H]2CC[C@H]1c1ccc([N+](=O)[O-])cc12. The number of carbonyl (C=O) groups excluding carboxylic acids is 1. The molecule has 0 aromatic heterocycles. The Balaban J connectivity index is 1.92. The van der Waals surface area contributed by atoms with Crippen LogP contribution in [0.3, 0.4) is 0 Å². The van der Waals surface area contributed by atoms with Gasteiger partial charge in [0.15, 0.2) is 0 Å². The van der Waals surface area contributed by atoms with Crippen LogP contribution in [0, 0.1) is 10.1 Å². The van der Waals surface area contributed by atoms with E-state index in [1.54, 1.807) is 17.0 Å². The van der Waals surface area contributed by atoms with E-state index >= 15 is 0 Å². The molecule has 2 atom stereocenters. The second-order valence-electron chi connectivity index (χ2n) is 6.57. The zero-order valence-corrected chi connectivity index (χ0v) is 12.3. The smallest absolute Gasteiger partial charge is 0.411 e. The minimum atomic E-state index is -0.544. The zero-order valence-electron chi connectivity index (χ0n) is 12.3. The molecule has 2 bridgehead atoms. The number of rotatable bonds is 1. The van der Waals surface area contributed by atoms with Crippen molar-refractivity contribution in [3.63, 3.8) is 0 Å². The molecule has 0 N–H and O–H groups in total. The number of non-ortho nitro benzene ring substituents is 1. The molecule has 1 amide bonds. The van der Waals surface area contributed by atoms with E-state index in [0.29, 0.717) is 0 Å². The van der Waals surface area contributed by atoms with E-state index in [1.807, 2.05) is 20.8 Å². The van der Waals surface area contributed by atoms with Crippen LogP contribution in [0.5, 0.6) is 0 Å². The molecule has 6 nitrogen and oxygen atoms in total. The Bertz CT molecular complexity index is 621. The van der Waals surface area contributed by atoms with Crippen LogP contribution >= 0.6 is 0 Å². The molecular formula is C15H18N2O4. The molecule has 1 fully saturated rings. The lowest BCUT2D eigenvalue weighted by Crippen LogP contribution is -2.34. The number of fused-ring (bicyclic) bond motifs is 5. The highest BCUT2D eigenvalue weighted by Crippen LogP contribution is 2.54. The quantitative estimate of drug-likeness (QED) is 0.583. The average molecular weight is 290 g/mol. The van der Waals surface area contributed by atoms with Crippen LogP contribution < -0.4 is 0 Å². The van der Waals surface area contributed by atoms with Crippen molar-refractivity contribution in [1.29, 1.82) is 0 Å². The summed E-state index contributed by atoms with van der Waals surface area (Å²) in [5, 5.41) is 10.9. The first-order valence-electron chi connectivity index (χ1n) is 7.07. The number of benzene rings is 1. The van der Waals surface area contributed by atoms with Crippen molar-refractivity contribution in [2.75, 3.05) is 0 Å². The van der Waals surface area contributed by atoms with Gasteiger partial charge in [-0.3, -0.25) is 15.0 Å². The Kier molecular flexibility index (Phi) is 2.93. The maximum absolute atomic E-state index is 12.4. The molecule has 0 radical (unpaired) electrons. The van der Waals surface area contributed by atoms with Gasteiger partial charge in [0.2, 0.25) is 0 Å². The van der Waals surface area contributed by atoms with E-state index in [2.05, 4.69) is 0 Å². The summed E-state index contributed by atoms with van der Waals surface area (Å²) in [6.07, 6.45) is 1.38. The first kappa shape index (κ1) is 13.9. The van der Waals surface area contributed by atoms with Crippen molar-refractivity contribution in [3.05, 3.63) is 39.4 Å². The minimum absolute atomic E-state index is 0.0133. The van der Waals surface area contributed by atoms with E-state index in [4.69, 9.17) is 4.74 Å². The van der Waals surface area contributed by atoms with E-state index in [0.717, 1.165) is 24.0 Å². The van der Waals surface area contributed by atoms with Crippen molar-refractivity contribution in [2.24, 2.45) is 0 Å². The van der Waals surface area contributed by atoms with Gasteiger partial charge in [0.05, 0.1) is 17.0 Å². The molecule has 0 unspecified atom stereocenters. The topological polar surface area (TPSA) is 72.7 Å². The molecule has 2 heterocycles. The van der Waals surface area contributed by atoms with Crippen LogP contribution in [0.15, 0.2) is 18.2 Å². The third kappa shape index (κ3) is 2.24. The number of nitro benzene ring substituents is 1. The maximum Gasteiger partial charge on any atom is 0.411 e. The summed E-state index contributed by atoms with van der Waals surface area (Å²) in [5.41, 5.74) is 1.44. The summed E-state index contributed by atoms with van der Waals surface area (Å²) >= 11 is 0. The van der Waals surface area contributed by atoms with Crippen LogP contribution in [0.2, 0.25) is 0 Å². The number of ether oxygens (including phenoxy) is 1. The van der Waals surface area contributed by atoms with Gasteiger partial charge in [0.1, 0.15) is 5.60 Å². The van der Waals surface area contributed by atoms with Gasteiger partial charge >= 0.3 is 6.09 Å². The second-order valence-corrected chi connectivity index (χ2v) is 6.57. The molecule has 1 aromatic rings. The van der Waals surface area contributed by atoms with Crippen molar-refractivity contribution in [2.45, 2.75) is 51.3 Å². The Hall–Kier alpha value is -2.11. The van der Waals surface area contributed by atoms with Gasteiger partial charge in [-0.15, -0.1) is 0 Å². The van der Waals surface area contributed by atoms with Gasteiger partial charge in [-0.1, -0.05) is 0 Å². The monoisotopic (exact) mass is 290 g/mol. The molecular weight excluding hydrogens is 272 g/mol. The number of amides is 1. The normalized spacial score (nSPS) is 23.1. The molecule has 1 saturated heterocycles. The predicted octanol–water partition coefficient (Wildman–Crippen LogP) is 3.72. The number of nitro groups is 1. The highest BCUT2D eigenvalue weighted by atomic mass is 16.6. The second kappa shape index (κ2) is 4.44. The molecule has 0 aliphatic carbocycles. The van der Waals surface area contributed by atoms with Crippen LogP contribution in [-0.4, -0.2) is 21.5 Å². The third-order valence-corrected chi connectivity index (χ3v) is 3.99. The summed E-state index contributed by atoms with van der Waals surface area (Å²) in [5.74, 6) is 0. The molecule has 0 saturated carbocycles. The lowest BCUT2D eigenvalue weighted by molar-refractivity contribution is -0.384. The largest absolute Gasteiger partial charge is 0.444 e. The fraction of sp³-hybridized carbons (Fsp3) is 0.533. The predicted molar refractivity (Wildman–Crippen MR) is 75.9 cm³/mol. The summed E-state index contributed by atoms with van der Waals surface area (Å²) in [6, 6.07) is 4.76. The fourth-order valence-electron chi connectivity index (χ4n) is 3.26. The van der Waals surface area contributed by atoms with E-state index in [-0.39, 0.29) is 23.9 Å². The standard InChI is InChI=1S/C15H18N2O4/c1-15(2,3)21-14(18)16-12-6-7-13(16)11-8-9(17(19)20)4-5-10(11)12/h4-5,8,12-13H,6-7H2,1-3H3/t12-,13+/m0/s1. The van der Waals surface area contributed by atoms with Crippen LogP contribution in [0.1, 0.15) is 56.8 Å². The molecule has 3 rings (SSSR count). The third-order valence-electron chi connectivity index (χ3n) is 3.99. The van der Waals surface area contributed by atoms with Crippen molar-refractivity contribution in [1.82, 2.24) is 4.90 Å². The van der Waals surface area contributed by atoms with E-state index < -0.39 is 10.5 Å². The molecule has 21 heavy (non-hydrogen) atoms. The van der Waals surface area contributed by atoms with Gasteiger partial charge in [-0.25, -0.2) is 4.79 Å². The van der Waals surface area contributed by atoms with Crippen LogP contribution in [-0.2, 0) is 4.74 Å². The first-order chi connectivity index (χ1) is 9.78. The number of carbonyl (C=O) groups is 1. The molecule has 2 aliphatic heterocycles. The summed E-state index contributed by atoms with van der Waals surface area (Å²) in [7, 11) is 0. The first-order valence-corrected chi connectivity index (χ1v) is 7.07. The molecule has 6 heteroatoms. The Morgan fingerprint density at radius 1 is 1.29 bits per heavy atom. The maximum atomic E-state index is 12.4. The van der Waals surface area contributed by atoms with Gasteiger partial charge < -0.3 is 4.74 Å². The number of nitrogens with zero attached hydrogens (tertiary/aromatic N) is 2. The fourth-order valence-corrected chi connectivity index (χ4v) is 3.26. The lowest BCUT2D eigenvalue weighted by atomic mass is 9.91. The van der Waals surface area contributed by atoms with Gasteiger partial charge in [-0.05, 0) is 50.8 Å². The van der Waals surface area contributed by atoms with Crippen LogP contribution in [0.4, 0.5) is 10.5 Å². The van der Waals surface area contributed by atoms with E-state index in [1.165, 1.54) is 6.07 Å². The highest BCUT2D eigenvalue weighted by molar-refractivity contribution is 5.72. The molecule has 0 spiro atoms. The summed E-state index contributed by atoms with van der Waals surface area (Å²) in [4.78, 5) is 24.6. The minimum Gasteiger partial charge on any atom is -0.444 e. The Labute approximate surface area is 122 Å². The van der Waals surface area contributed by atoms with Crippen molar-refractivity contribution < 1.29 is 14.5 Å². The van der Waals surface area contributed by atoms with Gasteiger partial charge in [0.25, 0.3) is 5.69 Å². The lowest BCUT2D eigenvalue weighted by Gasteiger charge is -2.27. The summed E-state index contributed by atoms with van der Waals surface area (Å²) < 4.78 is 5.46. The Morgan fingerprint density at radius 2 is 1.90 bits per heavy atom. The average Bonchev–Trinajstić information content (AvgIpc) is 2.92. The van der Waals surface area contributed by atoms with Crippen LogP contribution in [0.25, 0.3) is 0 Å². The summed E-state index contributed by atoms with van der Waals surface area (Å²) in [6.45, 7) is 5.50. The van der Waals surface area contributed by atoms with E-state index in [9.17, 15) is 14.9 Å². The Morgan fingerprint density at radius 3 is 2.48 bits per heavy atom. The molecule has 112 valence electrons. The number of hydrogen-bond donors (Lipinski definition) is 0. The van der Waals surface area contributed by atoms with Crippen molar-refractivity contribution in [3.8, 4) is 0 Å². The highest BCUT2D eigenvalue weighted by Gasteiger charge is 2.48. The molecule has 1 aromatic carbocycles. The zero-order chi connectivity index (χ0) is 15.4. The van der Waals surface area contributed by atoms with Crippen molar-refractivity contribution >= 4 is 11.8 Å². The van der Waals surface area contributed by atoms with Gasteiger partial charge in [0, 0.05) is 12.1 Å². The number of hydrogen-bond acceptors (Lipinski definition) is 4.